The Hall–Kier alpha value is -0.610. The minimum atomic E-state index is -0.0574. The first-order valence-corrected chi connectivity index (χ1v) is 6.72. The molecule has 0 aromatic heterocycles. The Balaban J connectivity index is 2.35. The van der Waals surface area contributed by atoms with Crippen LogP contribution in [0.3, 0.4) is 0 Å². The van der Waals surface area contributed by atoms with Crippen LogP contribution < -0.4 is 5.32 Å². The first-order chi connectivity index (χ1) is 8.07. The predicted molar refractivity (Wildman–Crippen MR) is 68.7 cm³/mol. The normalized spacial score (nSPS) is 25.0. The van der Waals surface area contributed by atoms with Crippen molar-refractivity contribution in [2.24, 2.45) is 5.92 Å². The molecule has 1 N–H and O–H groups in total. The second-order valence-corrected chi connectivity index (χ2v) is 5.07. The molecule has 1 aliphatic heterocycles. The van der Waals surface area contributed by atoms with E-state index in [-0.39, 0.29) is 18.1 Å². The van der Waals surface area contributed by atoms with Crippen molar-refractivity contribution in [3.8, 4) is 0 Å². The van der Waals surface area contributed by atoms with E-state index >= 15 is 0 Å². The molecular formula is C13H26N2O2. The number of carbonyl (C=O) groups is 1. The Morgan fingerprint density at radius 1 is 1.41 bits per heavy atom. The van der Waals surface area contributed by atoms with Crippen molar-refractivity contribution in [1.29, 1.82) is 0 Å². The smallest absolute Gasteiger partial charge is 0.240 e. The molecule has 0 radical (unpaired) electrons. The van der Waals surface area contributed by atoms with Crippen LogP contribution in [0.1, 0.15) is 40.5 Å². The molecule has 1 rings (SSSR count). The monoisotopic (exact) mass is 242 g/mol. The summed E-state index contributed by atoms with van der Waals surface area (Å²) in [6.07, 6.45) is 2.40. The molecule has 1 fully saturated rings. The molecular weight excluding hydrogens is 216 g/mol. The van der Waals surface area contributed by atoms with E-state index in [2.05, 4.69) is 26.1 Å². The second-order valence-electron chi connectivity index (χ2n) is 5.07. The lowest BCUT2D eigenvalue weighted by Crippen LogP contribution is -2.43. The Bertz CT molecular complexity index is 244. The first kappa shape index (κ1) is 14.5. The van der Waals surface area contributed by atoms with Crippen LogP contribution in [0.25, 0.3) is 0 Å². The topological polar surface area (TPSA) is 41.6 Å². The summed E-state index contributed by atoms with van der Waals surface area (Å²) in [5, 5.41) is 3.33. The fourth-order valence-corrected chi connectivity index (χ4v) is 2.12. The van der Waals surface area contributed by atoms with E-state index in [1.165, 1.54) is 0 Å². The highest BCUT2D eigenvalue weighted by atomic mass is 16.5. The maximum atomic E-state index is 11.9. The standard InChI is InChI=1S/C13H26N2O2/c1-5-6-8-17-9-7-15-12(10(2)3)14-11(4)13(15)16/h10-12,14H,5-9H2,1-4H3. The summed E-state index contributed by atoms with van der Waals surface area (Å²) < 4.78 is 5.53. The third kappa shape index (κ3) is 3.96. The quantitative estimate of drug-likeness (QED) is 0.690. The number of hydrogen-bond acceptors (Lipinski definition) is 3. The molecule has 1 aliphatic rings. The van der Waals surface area contributed by atoms with Crippen LogP contribution in [0.15, 0.2) is 0 Å². The van der Waals surface area contributed by atoms with Gasteiger partial charge < -0.3 is 9.64 Å². The molecule has 4 nitrogen and oxygen atoms in total. The summed E-state index contributed by atoms with van der Waals surface area (Å²) in [6, 6.07) is -0.0574. The molecule has 0 bridgehead atoms. The minimum Gasteiger partial charge on any atom is -0.380 e. The lowest BCUT2D eigenvalue weighted by atomic mass is 10.1. The molecule has 0 aromatic rings. The van der Waals surface area contributed by atoms with Gasteiger partial charge in [0, 0.05) is 13.2 Å². The molecule has 0 aliphatic carbocycles. The van der Waals surface area contributed by atoms with Crippen LogP contribution in [-0.2, 0) is 9.53 Å². The highest BCUT2D eigenvalue weighted by Gasteiger charge is 2.37. The molecule has 1 saturated heterocycles. The van der Waals surface area contributed by atoms with Crippen LogP contribution in [0, 0.1) is 5.92 Å². The van der Waals surface area contributed by atoms with Gasteiger partial charge in [-0.2, -0.15) is 0 Å². The Labute approximate surface area is 105 Å². The molecule has 2 atom stereocenters. The zero-order valence-corrected chi connectivity index (χ0v) is 11.5. The van der Waals surface area contributed by atoms with Gasteiger partial charge in [0.05, 0.1) is 18.8 Å². The van der Waals surface area contributed by atoms with E-state index < -0.39 is 0 Å². The highest BCUT2D eigenvalue weighted by molar-refractivity contribution is 5.83. The van der Waals surface area contributed by atoms with Gasteiger partial charge in [0.25, 0.3) is 0 Å². The molecule has 0 aromatic carbocycles. The number of carbonyl (C=O) groups excluding carboxylic acids is 1. The number of amides is 1. The van der Waals surface area contributed by atoms with Gasteiger partial charge in [0.15, 0.2) is 0 Å². The number of hydrogen-bond donors (Lipinski definition) is 1. The van der Waals surface area contributed by atoms with E-state index in [1.54, 1.807) is 0 Å². The van der Waals surface area contributed by atoms with Crippen molar-refractivity contribution in [2.45, 2.75) is 52.7 Å². The minimum absolute atomic E-state index is 0.0574. The van der Waals surface area contributed by atoms with Gasteiger partial charge in [-0.15, -0.1) is 0 Å². The molecule has 0 saturated carbocycles. The van der Waals surface area contributed by atoms with Crippen molar-refractivity contribution in [2.75, 3.05) is 19.8 Å². The van der Waals surface area contributed by atoms with Crippen LogP contribution >= 0.6 is 0 Å². The number of unbranched alkanes of at least 4 members (excludes halogenated alkanes) is 1. The highest BCUT2D eigenvalue weighted by Crippen LogP contribution is 2.16. The number of ether oxygens (including phenoxy) is 1. The number of nitrogens with zero attached hydrogens (tertiary/aromatic N) is 1. The predicted octanol–water partition coefficient (Wildman–Crippen LogP) is 1.61. The van der Waals surface area contributed by atoms with Crippen molar-refractivity contribution in [1.82, 2.24) is 10.2 Å². The molecule has 1 amide bonds. The summed E-state index contributed by atoms with van der Waals surface area (Å²) in [6.45, 7) is 10.5. The fraction of sp³-hybridized carbons (Fsp3) is 0.923. The van der Waals surface area contributed by atoms with Gasteiger partial charge in [-0.3, -0.25) is 10.1 Å². The molecule has 100 valence electrons. The fourth-order valence-electron chi connectivity index (χ4n) is 2.12. The van der Waals surface area contributed by atoms with Crippen molar-refractivity contribution in [3.05, 3.63) is 0 Å². The molecule has 1 heterocycles. The summed E-state index contributed by atoms with van der Waals surface area (Å²) >= 11 is 0. The van der Waals surface area contributed by atoms with E-state index in [0.717, 1.165) is 19.4 Å². The van der Waals surface area contributed by atoms with Crippen LogP contribution in [-0.4, -0.2) is 42.8 Å². The zero-order valence-electron chi connectivity index (χ0n) is 11.5. The molecule has 4 heteroatoms. The maximum Gasteiger partial charge on any atom is 0.240 e. The van der Waals surface area contributed by atoms with E-state index in [4.69, 9.17) is 4.74 Å². The van der Waals surface area contributed by atoms with E-state index in [9.17, 15) is 4.79 Å². The van der Waals surface area contributed by atoms with Gasteiger partial charge >= 0.3 is 0 Å². The lowest BCUT2D eigenvalue weighted by molar-refractivity contribution is -0.131. The van der Waals surface area contributed by atoms with Crippen molar-refractivity contribution < 1.29 is 9.53 Å². The first-order valence-electron chi connectivity index (χ1n) is 6.72. The number of rotatable bonds is 7. The summed E-state index contributed by atoms with van der Waals surface area (Å²) in [7, 11) is 0. The van der Waals surface area contributed by atoms with Crippen LogP contribution in [0.4, 0.5) is 0 Å². The summed E-state index contributed by atoms with van der Waals surface area (Å²) in [4.78, 5) is 13.9. The Morgan fingerprint density at radius 2 is 2.12 bits per heavy atom. The van der Waals surface area contributed by atoms with Gasteiger partial charge in [-0.1, -0.05) is 27.2 Å². The van der Waals surface area contributed by atoms with Crippen molar-refractivity contribution in [3.63, 3.8) is 0 Å². The van der Waals surface area contributed by atoms with Crippen molar-refractivity contribution >= 4 is 5.91 Å². The zero-order chi connectivity index (χ0) is 12.8. The van der Waals surface area contributed by atoms with Crippen LogP contribution in [0.2, 0.25) is 0 Å². The molecule has 0 spiro atoms. The second kappa shape index (κ2) is 6.97. The van der Waals surface area contributed by atoms with E-state index in [1.807, 2.05) is 11.8 Å². The number of nitrogens with one attached hydrogen (secondary N) is 1. The van der Waals surface area contributed by atoms with E-state index in [0.29, 0.717) is 19.1 Å². The lowest BCUT2D eigenvalue weighted by Gasteiger charge is -2.27. The molecule has 17 heavy (non-hydrogen) atoms. The van der Waals surface area contributed by atoms with Gasteiger partial charge in [-0.25, -0.2) is 0 Å². The largest absolute Gasteiger partial charge is 0.380 e. The summed E-state index contributed by atoms with van der Waals surface area (Å²) in [5.74, 6) is 0.627. The maximum absolute atomic E-state index is 11.9. The third-order valence-electron chi connectivity index (χ3n) is 3.16. The van der Waals surface area contributed by atoms with Gasteiger partial charge in [0.1, 0.15) is 0 Å². The average Bonchev–Trinajstić information content (AvgIpc) is 2.57. The Kier molecular flexibility index (Phi) is 5.92. The summed E-state index contributed by atoms with van der Waals surface area (Å²) in [5.41, 5.74) is 0. The third-order valence-corrected chi connectivity index (χ3v) is 3.16. The SMILES string of the molecule is CCCCOCCN1C(=O)C(C)NC1C(C)C. The Morgan fingerprint density at radius 3 is 2.71 bits per heavy atom. The van der Waals surface area contributed by atoms with Gasteiger partial charge in [0.2, 0.25) is 5.91 Å². The van der Waals surface area contributed by atoms with Gasteiger partial charge in [-0.05, 0) is 19.3 Å². The van der Waals surface area contributed by atoms with Crippen LogP contribution in [0.5, 0.6) is 0 Å². The molecule has 2 unspecified atom stereocenters. The average molecular weight is 242 g/mol.